The molecule has 1 heterocycles. The smallest absolute Gasteiger partial charge is 0.277 e. The minimum atomic E-state index is -0.269. The molecule has 23 heavy (non-hydrogen) atoms. The van der Waals surface area contributed by atoms with Crippen LogP contribution in [0.25, 0.3) is 0 Å². The second-order valence-electron chi connectivity index (χ2n) is 5.78. The number of amides is 1. The first-order valence-electron chi connectivity index (χ1n) is 7.94. The van der Waals surface area contributed by atoms with Crippen LogP contribution in [0.3, 0.4) is 0 Å². The summed E-state index contributed by atoms with van der Waals surface area (Å²) in [5.74, 6) is 0.880. The van der Waals surface area contributed by atoms with Crippen molar-refractivity contribution < 1.29 is 14.3 Å². The Hall–Kier alpha value is -2.08. The lowest BCUT2D eigenvalue weighted by atomic mass is 10.1. The first-order chi connectivity index (χ1) is 11.1. The maximum Gasteiger partial charge on any atom is 0.277 e. The Kier molecular flexibility index (Phi) is 6.40. The number of nitrogens with zero attached hydrogens (tertiary/aromatic N) is 2. The van der Waals surface area contributed by atoms with Gasteiger partial charge in [-0.3, -0.25) is 4.79 Å². The minimum absolute atomic E-state index is 0.0880. The topological polar surface area (TPSA) is 63.2 Å². The largest absolute Gasteiger partial charge is 0.493 e. The van der Waals surface area contributed by atoms with Gasteiger partial charge in [0.15, 0.2) is 18.1 Å². The van der Waals surface area contributed by atoms with Gasteiger partial charge in [-0.05, 0) is 26.0 Å². The lowest BCUT2D eigenvalue weighted by molar-refractivity contribution is -0.123. The number of hydrazone groups is 1. The summed E-state index contributed by atoms with van der Waals surface area (Å²) in [4.78, 5) is 14.2. The molecule has 0 aliphatic carbocycles. The highest BCUT2D eigenvalue weighted by molar-refractivity contribution is 5.87. The van der Waals surface area contributed by atoms with Crippen LogP contribution in [0.15, 0.2) is 29.4 Å². The lowest BCUT2D eigenvalue weighted by Gasteiger charge is -2.30. The van der Waals surface area contributed by atoms with Crippen LogP contribution in [0.4, 0.5) is 0 Å². The highest BCUT2D eigenvalue weighted by Gasteiger charge is 2.17. The van der Waals surface area contributed by atoms with E-state index in [9.17, 15) is 4.79 Å². The second-order valence-corrected chi connectivity index (χ2v) is 5.78. The molecule has 1 amide bonds. The van der Waals surface area contributed by atoms with Crippen LogP contribution in [0.5, 0.6) is 11.5 Å². The van der Waals surface area contributed by atoms with E-state index in [0.717, 1.165) is 31.6 Å². The summed E-state index contributed by atoms with van der Waals surface area (Å²) < 4.78 is 10.6. The lowest BCUT2D eigenvalue weighted by Crippen LogP contribution is -2.39. The Labute approximate surface area is 137 Å². The molecule has 1 N–H and O–H groups in total. The molecule has 0 spiro atoms. The van der Waals surface area contributed by atoms with Gasteiger partial charge in [0.25, 0.3) is 5.91 Å². The summed E-state index contributed by atoms with van der Waals surface area (Å²) in [6.45, 7) is 6.28. The monoisotopic (exact) mass is 319 g/mol. The molecule has 1 aliphatic heterocycles. The Morgan fingerprint density at radius 3 is 2.52 bits per heavy atom. The molecule has 0 radical (unpaired) electrons. The van der Waals surface area contributed by atoms with Crippen molar-refractivity contribution >= 4 is 11.6 Å². The minimum Gasteiger partial charge on any atom is -0.493 e. The number of rotatable bonds is 6. The molecule has 1 aromatic carbocycles. The Balaban J connectivity index is 1.76. The fourth-order valence-corrected chi connectivity index (χ4v) is 2.47. The van der Waals surface area contributed by atoms with Crippen LogP contribution in [-0.2, 0) is 4.79 Å². The maximum absolute atomic E-state index is 11.8. The van der Waals surface area contributed by atoms with Crippen molar-refractivity contribution in [3.63, 3.8) is 0 Å². The first kappa shape index (κ1) is 17.3. The molecule has 126 valence electrons. The van der Waals surface area contributed by atoms with Crippen LogP contribution >= 0.6 is 0 Å². The summed E-state index contributed by atoms with van der Waals surface area (Å²) in [7, 11) is 1.57. The Morgan fingerprint density at radius 2 is 1.91 bits per heavy atom. The molecule has 1 saturated heterocycles. The number of ether oxygens (including phenoxy) is 2. The first-order valence-corrected chi connectivity index (χ1v) is 7.94. The van der Waals surface area contributed by atoms with Gasteiger partial charge in [0.2, 0.25) is 0 Å². The average molecular weight is 319 g/mol. The number of benzene rings is 1. The van der Waals surface area contributed by atoms with Crippen LogP contribution in [-0.4, -0.2) is 49.4 Å². The van der Waals surface area contributed by atoms with Gasteiger partial charge < -0.3 is 14.4 Å². The van der Waals surface area contributed by atoms with Gasteiger partial charge in [0, 0.05) is 37.7 Å². The van der Waals surface area contributed by atoms with Gasteiger partial charge in [-0.15, -0.1) is 0 Å². The van der Waals surface area contributed by atoms with Crippen molar-refractivity contribution in [2.24, 2.45) is 5.10 Å². The van der Waals surface area contributed by atoms with E-state index in [1.807, 2.05) is 12.1 Å². The van der Waals surface area contributed by atoms with E-state index < -0.39 is 0 Å². The van der Waals surface area contributed by atoms with Crippen LogP contribution in [0, 0.1) is 0 Å². The van der Waals surface area contributed by atoms with Gasteiger partial charge in [-0.25, -0.2) is 5.43 Å². The summed E-state index contributed by atoms with van der Waals surface area (Å²) in [5.41, 5.74) is 3.60. The number of carbonyl (C=O) groups is 1. The van der Waals surface area contributed by atoms with Gasteiger partial charge in [-0.1, -0.05) is 12.1 Å². The molecule has 0 aromatic heterocycles. The number of likely N-dealkylation sites (tertiary alicyclic amines) is 1. The Bertz CT molecular complexity index is 548. The number of hydrogen-bond acceptors (Lipinski definition) is 5. The molecule has 1 fully saturated rings. The quantitative estimate of drug-likeness (QED) is 0.815. The van der Waals surface area contributed by atoms with Crippen molar-refractivity contribution in [2.45, 2.75) is 32.7 Å². The van der Waals surface area contributed by atoms with Crippen molar-refractivity contribution in [1.82, 2.24) is 10.3 Å². The third-order valence-corrected chi connectivity index (χ3v) is 3.87. The van der Waals surface area contributed by atoms with E-state index in [1.165, 1.54) is 0 Å². The van der Waals surface area contributed by atoms with Gasteiger partial charge in [-0.2, -0.15) is 5.10 Å². The third-order valence-electron chi connectivity index (χ3n) is 3.87. The summed E-state index contributed by atoms with van der Waals surface area (Å²) in [6.07, 6.45) is 1.79. The number of hydrogen-bond donors (Lipinski definition) is 1. The summed E-state index contributed by atoms with van der Waals surface area (Å²) in [6, 6.07) is 7.79. The van der Waals surface area contributed by atoms with Crippen molar-refractivity contribution in [1.29, 1.82) is 0 Å². The number of para-hydroxylation sites is 2. The van der Waals surface area contributed by atoms with Gasteiger partial charge in [0.1, 0.15) is 0 Å². The number of nitrogens with one attached hydrogen (secondary N) is 1. The summed E-state index contributed by atoms with van der Waals surface area (Å²) in [5, 5.41) is 4.21. The van der Waals surface area contributed by atoms with E-state index in [1.54, 1.807) is 19.2 Å². The molecule has 2 rings (SSSR count). The SMILES string of the molecule is COc1ccccc1OCC(=O)NN=C1CCN(C(C)C)CC1. The fourth-order valence-electron chi connectivity index (χ4n) is 2.47. The highest BCUT2D eigenvalue weighted by atomic mass is 16.5. The Morgan fingerprint density at radius 1 is 1.26 bits per heavy atom. The van der Waals surface area contributed by atoms with E-state index in [-0.39, 0.29) is 12.5 Å². The number of carbonyl (C=O) groups excluding carboxylic acids is 1. The van der Waals surface area contributed by atoms with Crippen LogP contribution < -0.4 is 14.9 Å². The average Bonchev–Trinajstić information content (AvgIpc) is 2.58. The maximum atomic E-state index is 11.8. The van der Waals surface area contributed by atoms with Crippen molar-refractivity contribution in [3.8, 4) is 11.5 Å². The molecular weight excluding hydrogens is 294 g/mol. The van der Waals surface area contributed by atoms with E-state index >= 15 is 0 Å². The van der Waals surface area contributed by atoms with E-state index in [4.69, 9.17) is 9.47 Å². The zero-order valence-electron chi connectivity index (χ0n) is 14.0. The molecular formula is C17H25N3O3. The van der Waals surface area contributed by atoms with Crippen molar-refractivity contribution in [3.05, 3.63) is 24.3 Å². The zero-order valence-corrected chi connectivity index (χ0v) is 14.0. The third kappa shape index (κ3) is 5.25. The molecule has 0 bridgehead atoms. The molecule has 1 aromatic rings. The highest BCUT2D eigenvalue weighted by Crippen LogP contribution is 2.25. The fraction of sp³-hybridized carbons (Fsp3) is 0.529. The molecule has 6 heteroatoms. The van der Waals surface area contributed by atoms with Gasteiger partial charge >= 0.3 is 0 Å². The normalized spacial score (nSPS) is 15.4. The number of piperidine rings is 1. The van der Waals surface area contributed by atoms with Crippen molar-refractivity contribution in [2.75, 3.05) is 26.8 Å². The predicted molar refractivity (Wildman–Crippen MR) is 90.0 cm³/mol. The molecule has 0 saturated carbocycles. The predicted octanol–water partition coefficient (Wildman–Crippen LogP) is 2.05. The number of methoxy groups -OCH3 is 1. The van der Waals surface area contributed by atoms with Gasteiger partial charge in [0.05, 0.1) is 7.11 Å². The molecule has 0 atom stereocenters. The van der Waals surface area contributed by atoms with E-state index in [0.29, 0.717) is 17.5 Å². The summed E-state index contributed by atoms with van der Waals surface area (Å²) >= 11 is 0. The molecule has 6 nitrogen and oxygen atoms in total. The van der Waals surface area contributed by atoms with Crippen LogP contribution in [0.2, 0.25) is 0 Å². The molecule has 1 aliphatic rings. The second kappa shape index (κ2) is 8.53. The van der Waals surface area contributed by atoms with E-state index in [2.05, 4.69) is 29.3 Å². The van der Waals surface area contributed by atoms with Crippen LogP contribution in [0.1, 0.15) is 26.7 Å². The standard InChI is InChI=1S/C17H25N3O3/c1-13(2)20-10-8-14(9-11-20)18-19-17(21)12-23-16-7-5-4-6-15(16)22-3/h4-7,13H,8-12H2,1-3H3,(H,19,21). The molecule has 0 unspecified atom stereocenters. The zero-order chi connectivity index (χ0) is 16.7.